The molecule has 1 amide bonds. The SMILES string of the molecule is CCOc1cc([C@@H]2C(C(=O)OCC(C)C)=C(C)N=C3S[C@@H](CC)C(=O)N32)ccc1OC(C)=O. The fraction of sp³-hybridized carbons (Fsp3) is 0.500. The van der Waals surface area contributed by atoms with Gasteiger partial charge in [-0.05, 0) is 43.9 Å². The Morgan fingerprint density at radius 2 is 1.94 bits per heavy atom. The lowest BCUT2D eigenvalue weighted by molar-refractivity contribution is -0.141. The Hall–Kier alpha value is -2.81. The van der Waals surface area contributed by atoms with Crippen LogP contribution in [-0.4, -0.2) is 46.4 Å². The smallest absolute Gasteiger partial charge is 0.338 e. The second-order valence-corrected chi connectivity index (χ2v) is 9.41. The summed E-state index contributed by atoms with van der Waals surface area (Å²) in [5.74, 6) is -0.286. The molecule has 0 radical (unpaired) electrons. The van der Waals surface area contributed by atoms with Gasteiger partial charge in [-0.1, -0.05) is 38.6 Å². The van der Waals surface area contributed by atoms with Crippen molar-refractivity contribution >= 4 is 34.8 Å². The minimum absolute atomic E-state index is 0.102. The highest BCUT2D eigenvalue weighted by atomic mass is 32.2. The number of hydrogen-bond acceptors (Lipinski definition) is 8. The van der Waals surface area contributed by atoms with E-state index in [1.165, 1.54) is 18.7 Å². The van der Waals surface area contributed by atoms with Gasteiger partial charge in [-0.15, -0.1) is 0 Å². The van der Waals surface area contributed by atoms with Crippen LogP contribution < -0.4 is 9.47 Å². The number of thioether (sulfide) groups is 1. The van der Waals surface area contributed by atoms with Crippen molar-refractivity contribution in [1.82, 2.24) is 4.90 Å². The van der Waals surface area contributed by atoms with E-state index < -0.39 is 18.0 Å². The van der Waals surface area contributed by atoms with Crippen molar-refractivity contribution in [2.45, 2.75) is 59.3 Å². The minimum atomic E-state index is -0.723. The number of esters is 2. The predicted molar refractivity (Wildman–Crippen MR) is 126 cm³/mol. The van der Waals surface area contributed by atoms with Crippen LogP contribution in [0.3, 0.4) is 0 Å². The molecule has 9 heteroatoms. The average molecular weight is 475 g/mol. The maximum atomic E-state index is 13.3. The van der Waals surface area contributed by atoms with Gasteiger partial charge in [0.2, 0.25) is 5.91 Å². The Balaban J connectivity index is 2.12. The number of rotatable bonds is 8. The van der Waals surface area contributed by atoms with Crippen LogP contribution in [0.5, 0.6) is 11.5 Å². The van der Waals surface area contributed by atoms with Crippen molar-refractivity contribution in [3.8, 4) is 11.5 Å². The number of carbonyl (C=O) groups is 3. The number of carbonyl (C=O) groups excluding carboxylic acids is 3. The van der Waals surface area contributed by atoms with Crippen LogP contribution in [-0.2, 0) is 19.1 Å². The van der Waals surface area contributed by atoms with Gasteiger partial charge >= 0.3 is 11.9 Å². The van der Waals surface area contributed by atoms with E-state index in [1.807, 2.05) is 27.7 Å². The van der Waals surface area contributed by atoms with E-state index in [2.05, 4.69) is 4.99 Å². The molecule has 33 heavy (non-hydrogen) atoms. The van der Waals surface area contributed by atoms with E-state index in [4.69, 9.17) is 14.2 Å². The van der Waals surface area contributed by atoms with Crippen molar-refractivity contribution in [1.29, 1.82) is 0 Å². The van der Waals surface area contributed by atoms with E-state index in [-0.39, 0.29) is 29.4 Å². The first-order valence-electron chi connectivity index (χ1n) is 11.1. The van der Waals surface area contributed by atoms with Crippen molar-refractivity contribution < 1.29 is 28.6 Å². The fourth-order valence-electron chi connectivity index (χ4n) is 3.69. The largest absolute Gasteiger partial charge is 0.490 e. The summed E-state index contributed by atoms with van der Waals surface area (Å²) >= 11 is 1.40. The standard InChI is InChI=1S/C24H30N2O6S/c1-7-19-22(28)26-21(16-9-10-17(32-15(6)27)18(11-16)30-8-2)20(14(5)25-24(26)33-19)23(29)31-12-13(3)4/h9-11,13,19,21H,7-8,12H2,1-6H3/t19-,21+/m0/s1. The molecule has 1 aromatic carbocycles. The number of allylic oxidation sites excluding steroid dienone is 1. The molecule has 0 spiro atoms. The molecule has 0 aromatic heterocycles. The van der Waals surface area contributed by atoms with Crippen LogP contribution in [0.1, 0.15) is 59.6 Å². The van der Waals surface area contributed by atoms with E-state index in [9.17, 15) is 14.4 Å². The number of aliphatic imine (C=N–C) groups is 1. The summed E-state index contributed by atoms with van der Waals surface area (Å²) in [6.07, 6.45) is 0.646. The molecule has 8 nitrogen and oxygen atoms in total. The number of hydrogen-bond donors (Lipinski definition) is 0. The van der Waals surface area contributed by atoms with E-state index in [1.54, 1.807) is 30.0 Å². The van der Waals surface area contributed by atoms with Crippen molar-refractivity contribution in [2.75, 3.05) is 13.2 Å². The first kappa shape index (κ1) is 24.8. The van der Waals surface area contributed by atoms with Gasteiger partial charge < -0.3 is 14.2 Å². The zero-order chi connectivity index (χ0) is 24.3. The molecule has 2 aliphatic rings. The number of amidine groups is 1. The highest BCUT2D eigenvalue weighted by molar-refractivity contribution is 8.15. The predicted octanol–water partition coefficient (Wildman–Crippen LogP) is 4.25. The first-order valence-corrected chi connectivity index (χ1v) is 12.0. The number of nitrogens with zero attached hydrogens (tertiary/aromatic N) is 2. The third kappa shape index (κ3) is 5.24. The average Bonchev–Trinajstić information content (AvgIpc) is 3.07. The van der Waals surface area contributed by atoms with Gasteiger partial charge in [0.15, 0.2) is 16.7 Å². The highest BCUT2D eigenvalue weighted by Gasteiger charge is 2.47. The first-order chi connectivity index (χ1) is 15.7. The molecule has 2 atom stereocenters. The Morgan fingerprint density at radius 1 is 1.21 bits per heavy atom. The summed E-state index contributed by atoms with van der Waals surface area (Å²) in [6.45, 7) is 11.4. The third-order valence-electron chi connectivity index (χ3n) is 5.13. The summed E-state index contributed by atoms with van der Waals surface area (Å²) < 4.78 is 16.5. The second-order valence-electron chi connectivity index (χ2n) is 8.24. The van der Waals surface area contributed by atoms with Crippen molar-refractivity contribution in [3.05, 3.63) is 35.0 Å². The topological polar surface area (TPSA) is 94.5 Å². The summed E-state index contributed by atoms with van der Waals surface area (Å²) in [5, 5.41) is 0.300. The van der Waals surface area contributed by atoms with Gasteiger partial charge in [0.05, 0.1) is 35.8 Å². The molecule has 0 bridgehead atoms. The molecule has 3 rings (SSSR count). The maximum Gasteiger partial charge on any atom is 0.338 e. The zero-order valence-electron chi connectivity index (χ0n) is 19.8. The molecule has 178 valence electrons. The Labute approximate surface area is 198 Å². The van der Waals surface area contributed by atoms with Gasteiger partial charge in [-0.2, -0.15) is 0 Å². The molecule has 1 saturated heterocycles. The van der Waals surface area contributed by atoms with Gasteiger partial charge in [0.1, 0.15) is 0 Å². The third-order valence-corrected chi connectivity index (χ3v) is 6.45. The van der Waals surface area contributed by atoms with E-state index >= 15 is 0 Å². The molecule has 2 heterocycles. The van der Waals surface area contributed by atoms with Crippen LogP contribution >= 0.6 is 11.8 Å². The number of amides is 1. The van der Waals surface area contributed by atoms with Crippen LogP contribution in [0, 0.1) is 5.92 Å². The van der Waals surface area contributed by atoms with E-state index in [0.29, 0.717) is 40.8 Å². The number of benzene rings is 1. The van der Waals surface area contributed by atoms with Crippen LogP contribution in [0.2, 0.25) is 0 Å². The lowest BCUT2D eigenvalue weighted by Gasteiger charge is -2.33. The normalized spacial score (nSPS) is 20.0. The Morgan fingerprint density at radius 3 is 2.55 bits per heavy atom. The Kier molecular flexibility index (Phi) is 7.84. The van der Waals surface area contributed by atoms with Crippen LogP contribution in [0.15, 0.2) is 34.5 Å². The van der Waals surface area contributed by atoms with Gasteiger partial charge in [0, 0.05) is 6.92 Å². The quantitative estimate of drug-likeness (QED) is 0.411. The fourth-order valence-corrected chi connectivity index (χ4v) is 4.82. The Bertz CT molecular complexity index is 1020. The van der Waals surface area contributed by atoms with Gasteiger partial charge in [0.25, 0.3) is 0 Å². The van der Waals surface area contributed by atoms with Crippen molar-refractivity contribution in [3.63, 3.8) is 0 Å². The molecular formula is C24H30N2O6S. The summed E-state index contributed by atoms with van der Waals surface area (Å²) in [5.41, 5.74) is 1.47. The molecular weight excluding hydrogens is 444 g/mol. The van der Waals surface area contributed by atoms with Crippen LogP contribution in [0.25, 0.3) is 0 Å². The van der Waals surface area contributed by atoms with E-state index in [0.717, 1.165) is 0 Å². The molecule has 0 unspecified atom stereocenters. The van der Waals surface area contributed by atoms with Gasteiger partial charge in [-0.25, -0.2) is 9.79 Å². The van der Waals surface area contributed by atoms with Crippen molar-refractivity contribution in [2.24, 2.45) is 10.9 Å². The highest BCUT2D eigenvalue weighted by Crippen LogP contribution is 2.45. The molecule has 0 saturated carbocycles. The number of ether oxygens (including phenoxy) is 3. The lowest BCUT2D eigenvalue weighted by atomic mass is 9.93. The molecule has 0 N–H and O–H groups in total. The molecule has 1 aromatic rings. The van der Waals surface area contributed by atoms with Crippen LogP contribution in [0.4, 0.5) is 0 Å². The van der Waals surface area contributed by atoms with Gasteiger partial charge in [-0.3, -0.25) is 14.5 Å². The monoisotopic (exact) mass is 474 g/mol. The zero-order valence-corrected chi connectivity index (χ0v) is 20.7. The number of fused-ring (bicyclic) bond motifs is 1. The minimum Gasteiger partial charge on any atom is -0.490 e. The summed E-state index contributed by atoms with van der Waals surface area (Å²) in [4.78, 5) is 44.1. The lowest BCUT2D eigenvalue weighted by Crippen LogP contribution is -2.41. The second kappa shape index (κ2) is 10.4. The molecule has 1 fully saturated rings. The maximum absolute atomic E-state index is 13.3. The summed E-state index contributed by atoms with van der Waals surface area (Å²) in [6, 6.07) is 4.33. The summed E-state index contributed by atoms with van der Waals surface area (Å²) in [7, 11) is 0. The molecule has 2 aliphatic heterocycles. The molecule has 0 aliphatic carbocycles.